The Morgan fingerprint density at radius 3 is 2.86 bits per heavy atom. The largest absolute Gasteiger partial charge is 0.348 e. The predicted molar refractivity (Wildman–Crippen MR) is 82.4 cm³/mol. The van der Waals surface area contributed by atoms with Gasteiger partial charge < -0.3 is 10.6 Å². The number of benzene rings is 1. The van der Waals surface area contributed by atoms with Crippen LogP contribution in [0.15, 0.2) is 24.3 Å². The van der Waals surface area contributed by atoms with Crippen LogP contribution >= 0.6 is 0 Å². The van der Waals surface area contributed by atoms with Gasteiger partial charge in [-0.25, -0.2) is 4.39 Å². The summed E-state index contributed by atoms with van der Waals surface area (Å²) in [6.45, 7) is 1.71. The van der Waals surface area contributed by atoms with Crippen molar-refractivity contribution in [2.75, 3.05) is 13.1 Å². The average Bonchev–Trinajstić information content (AvgIpc) is 3.24. The fraction of sp³-hybridized carbons (Fsp3) is 0.412. The van der Waals surface area contributed by atoms with Crippen molar-refractivity contribution in [1.82, 2.24) is 15.6 Å². The molecule has 1 aliphatic carbocycles. The van der Waals surface area contributed by atoms with Crippen molar-refractivity contribution in [3.63, 3.8) is 0 Å². The first-order valence-corrected chi connectivity index (χ1v) is 7.82. The summed E-state index contributed by atoms with van der Waals surface area (Å²) in [6, 6.07) is 6.45. The molecule has 2 N–H and O–H groups in total. The number of nitrogens with one attached hydrogen (secondary N) is 2. The highest BCUT2D eigenvalue weighted by Gasteiger charge is 2.27. The maximum atomic E-state index is 13.6. The molecule has 0 radical (unpaired) electrons. The van der Waals surface area contributed by atoms with Crippen LogP contribution in [0.3, 0.4) is 0 Å². The van der Waals surface area contributed by atoms with E-state index in [9.17, 15) is 9.18 Å². The van der Waals surface area contributed by atoms with E-state index in [1.54, 1.807) is 6.07 Å². The zero-order valence-corrected chi connectivity index (χ0v) is 12.2. The molecule has 1 amide bonds. The fourth-order valence-electron chi connectivity index (χ4n) is 3.04. The third-order valence-electron chi connectivity index (χ3n) is 4.43. The third-order valence-corrected chi connectivity index (χ3v) is 4.43. The molecule has 1 unspecified atom stereocenters. The lowest BCUT2D eigenvalue weighted by Crippen LogP contribution is -2.36. The van der Waals surface area contributed by atoms with Crippen LogP contribution < -0.4 is 10.6 Å². The topological polar surface area (TPSA) is 54.0 Å². The van der Waals surface area contributed by atoms with Crippen LogP contribution in [0.5, 0.6) is 0 Å². The standard InChI is InChI=1S/C17H18FN3O/c18-11-3-4-15-13(7-11)14(8-16(21-15)10-1-2-10)17(22)20-12-5-6-19-9-12/h3-4,7-8,10,12,19H,1-2,5-6,9H2,(H,20,22). The second-order valence-electron chi connectivity index (χ2n) is 6.19. The zero-order valence-electron chi connectivity index (χ0n) is 12.2. The van der Waals surface area contributed by atoms with E-state index in [2.05, 4.69) is 15.6 Å². The molecule has 2 aliphatic rings. The lowest BCUT2D eigenvalue weighted by atomic mass is 10.0. The third kappa shape index (κ3) is 2.57. The van der Waals surface area contributed by atoms with Gasteiger partial charge in [-0.3, -0.25) is 9.78 Å². The van der Waals surface area contributed by atoms with Crippen molar-refractivity contribution in [3.05, 3.63) is 41.3 Å². The Morgan fingerprint density at radius 1 is 1.27 bits per heavy atom. The summed E-state index contributed by atoms with van der Waals surface area (Å²) in [5.74, 6) is -0.0206. The van der Waals surface area contributed by atoms with E-state index in [4.69, 9.17) is 0 Å². The number of hydrogen-bond donors (Lipinski definition) is 2. The molecule has 1 aromatic carbocycles. The number of rotatable bonds is 3. The summed E-state index contributed by atoms with van der Waals surface area (Å²) >= 11 is 0. The number of hydrogen-bond acceptors (Lipinski definition) is 3. The smallest absolute Gasteiger partial charge is 0.252 e. The van der Waals surface area contributed by atoms with Gasteiger partial charge in [0.25, 0.3) is 5.91 Å². The Morgan fingerprint density at radius 2 is 2.14 bits per heavy atom. The molecule has 2 heterocycles. The molecule has 114 valence electrons. The van der Waals surface area contributed by atoms with Gasteiger partial charge in [0.2, 0.25) is 0 Å². The minimum absolute atomic E-state index is 0.131. The minimum atomic E-state index is -0.343. The van der Waals surface area contributed by atoms with E-state index in [0.29, 0.717) is 22.4 Å². The number of pyridine rings is 1. The second kappa shape index (κ2) is 5.32. The van der Waals surface area contributed by atoms with Crippen molar-refractivity contribution in [3.8, 4) is 0 Å². The van der Waals surface area contributed by atoms with Crippen molar-refractivity contribution >= 4 is 16.8 Å². The zero-order chi connectivity index (χ0) is 15.1. The molecule has 0 spiro atoms. The first kappa shape index (κ1) is 13.6. The van der Waals surface area contributed by atoms with E-state index in [1.165, 1.54) is 12.1 Å². The quantitative estimate of drug-likeness (QED) is 0.914. The molecule has 2 aromatic rings. The molecular weight excluding hydrogens is 281 g/mol. The van der Waals surface area contributed by atoms with Gasteiger partial charge in [-0.1, -0.05) is 0 Å². The molecule has 4 nitrogen and oxygen atoms in total. The predicted octanol–water partition coefficient (Wildman–Crippen LogP) is 2.34. The number of aromatic nitrogens is 1. The lowest BCUT2D eigenvalue weighted by molar-refractivity contribution is 0.0941. The number of fused-ring (bicyclic) bond motifs is 1. The van der Waals surface area contributed by atoms with Gasteiger partial charge in [0.15, 0.2) is 0 Å². The fourth-order valence-corrected chi connectivity index (χ4v) is 3.04. The van der Waals surface area contributed by atoms with E-state index in [1.807, 2.05) is 6.07 Å². The van der Waals surface area contributed by atoms with Gasteiger partial charge in [0, 0.05) is 29.6 Å². The van der Waals surface area contributed by atoms with Gasteiger partial charge in [-0.15, -0.1) is 0 Å². The van der Waals surface area contributed by atoms with Crippen molar-refractivity contribution in [2.45, 2.75) is 31.2 Å². The summed E-state index contributed by atoms with van der Waals surface area (Å²) in [5, 5.41) is 6.86. The Kier molecular flexibility index (Phi) is 3.30. The molecule has 0 bridgehead atoms. The summed E-state index contributed by atoms with van der Waals surface area (Å²) in [4.78, 5) is 17.2. The Labute approximate surface area is 128 Å². The molecule has 1 saturated heterocycles. The van der Waals surface area contributed by atoms with Crippen LogP contribution in [0.25, 0.3) is 10.9 Å². The molecule has 1 atom stereocenters. The van der Waals surface area contributed by atoms with Crippen molar-refractivity contribution in [1.29, 1.82) is 0 Å². The maximum Gasteiger partial charge on any atom is 0.252 e. The van der Waals surface area contributed by atoms with Crippen LogP contribution in [0, 0.1) is 5.82 Å². The number of carbonyl (C=O) groups excluding carboxylic acids is 1. The minimum Gasteiger partial charge on any atom is -0.348 e. The highest BCUT2D eigenvalue weighted by molar-refractivity contribution is 6.06. The van der Waals surface area contributed by atoms with Gasteiger partial charge in [0.1, 0.15) is 5.82 Å². The number of halogens is 1. The summed E-state index contributed by atoms with van der Waals surface area (Å²) < 4.78 is 13.6. The normalized spacial score (nSPS) is 21.2. The molecule has 22 heavy (non-hydrogen) atoms. The van der Waals surface area contributed by atoms with E-state index < -0.39 is 0 Å². The summed E-state index contributed by atoms with van der Waals surface area (Å²) in [5.41, 5.74) is 2.19. The molecule has 1 aromatic heterocycles. The van der Waals surface area contributed by atoms with Crippen LogP contribution in [0.1, 0.15) is 41.2 Å². The highest BCUT2D eigenvalue weighted by Crippen LogP contribution is 2.40. The van der Waals surface area contributed by atoms with Crippen LogP contribution in [-0.4, -0.2) is 30.0 Å². The molecule has 1 saturated carbocycles. The van der Waals surface area contributed by atoms with Gasteiger partial charge in [-0.2, -0.15) is 0 Å². The molecule has 2 fully saturated rings. The summed E-state index contributed by atoms with van der Waals surface area (Å²) in [7, 11) is 0. The lowest BCUT2D eigenvalue weighted by Gasteiger charge is -2.14. The first-order valence-electron chi connectivity index (χ1n) is 7.82. The van der Waals surface area contributed by atoms with Crippen molar-refractivity contribution in [2.24, 2.45) is 0 Å². The SMILES string of the molecule is O=C(NC1CCNC1)c1cc(C2CC2)nc2ccc(F)cc12. The average molecular weight is 299 g/mol. The second-order valence-corrected chi connectivity index (χ2v) is 6.19. The van der Waals surface area contributed by atoms with E-state index >= 15 is 0 Å². The van der Waals surface area contributed by atoms with Gasteiger partial charge in [-0.05, 0) is 50.1 Å². The number of carbonyl (C=O) groups is 1. The van der Waals surface area contributed by atoms with Crippen LogP contribution in [0.2, 0.25) is 0 Å². The maximum absolute atomic E-state index is 13.6. The Balaban J connectivity index is 1.75. The van der Waals surface area contributed by atoms with Gasteiger partial charge >= 0.3 is 0 Å². The number of nitrogens with zero attached hydrogens (tertiary/aromatic N) is 1. The first-order chi connectivity index (χ1) is 10.7. The molecular formula is C17H18FN3O. The van der Waals surface area contributed by atoms with Crippen molar-refractivity contribution < 1.29 is 9.18 Å². The number of amides is 1. The highest BCUT2D eigenvalue weighted by atomic mass is 19.1. The van der Waals surface area contributed by atoms with Crippen LogP contribution in [0.4, 0.5) is 4.39 Å². The molecule has 4 rings (SSSR count). The van der Waals surface area contributed by atoms with Gasteiger partial charge in [0.05, 0.1) is 11.1 Å². The summed E-state index contributed by atoms with van der Waals surface area (Å²) in [6.07, 6.45) is 3.17. The van der Waals surface area contributed by atoms with E-state index in [0.717, 1.165) is 38.0 Å². The Bertz CT molecular complexity index is 736. The molecule has 5 heteroatoms. The molecule has 1 aliphatic heterocycles. The van der Waals surface area contributed by atoms with Crippen LogP contribution in [-0.2, 0) is 0 Å². The Hall–Kier alpha value is -2.01. The van der Waals surface area contributed by atoms with E-state index in [-0.39, 0.29) is 17.8 Å². The monoisotopic (exact) mass is 299 g/mol.